The van der Waals surface area contributed by atoms with Crippen LogP contribution in [0.25, 0.3) is 11.1 Å². The Kier molecular flexibility index (Phi) is 13.3. The zero-order valence-electron chi connectivity index (χ0n) is 24.6. The first-order chi connectivity index (χ1) is 19.1. The summed E-state index contributed by atoms with van der Waals surface area (Å²) >= 11 is 0. The molecule has 0 aliphatic rings. The lowest BCUT2D eigenvalue weighted by Gasteiger charge is -2.20. The Morgan fingerprint density at radius 1 is 0.692 bits per heavy atom. The van der Waals surface area contributed by atoms with E-state index in [0.29, 0.717) is 17.2 Å². The maximum absolute atomic E-state index is 13.1. The van der Waals surface area contributed by atoms with Gasteiger partial charge in [0, 0.05) is 6.61 Å². The smallest absolute Gasteiger partial charge is 0.343 e. The Balaban J connectivity index is 1.64. The second-order valence-corrected chi connectivity index (χ2v) is 10.7. The maximum atomic E-state index is 13.1. The number of para-hydroxylation sites is 1. The summed E-state index contributed by atoms with van der Waals surface area (Å²) in [6.07, 6.45) is 12.2. The Bertz CT molecular complexity index is 1100. The molecule has 0 aromatic heterocycles. The van der Waals surface area contributed by atoms with Crippen LogP contribution in [0.4, 0.5) is 0 Å². The Morgan fingerprint density at radius 3 is 2.00 bits per heavy atom. The van der Waals surface area contributed by atoms with Crippen molar-refractivity contribution in [2.45, 2.75) is 104 Å². The number of benzene rings is 3. The van der Waals surface area contributed by atoms with Gasteiger partial charge in [0.15, 0.2) is 0 Å². The molecular formula is C36H48O3. The third-order valence-corrected chi connectivity index (χ3v) is 7.51. The summed E-state index contributed by atoms with van der Waals surface area (Å²) in [7, 11) is 0. The molecule has 0 radical (unpaired) electrons. The first-order valence-electron chi connectivity index (χ1n) is 15.2. The van der Waals surface area contributed by atoms with Crippen LogP contribution in [0, 0.1) is 0 Å². The Morgan fingerprint density at radius 2 is 1.33 bits per heavy atom. The third kappa shape index (κ3) is 9.65. The average Bonchev–Trinajstić information content (AvgIpc) is 2.97. The third-order valence-electron chi connectivity index (χ3n) is 7.51. The number of esters is 1. The van der Waals surface area contributed by atoms with Gasteiger partial charge in [0.05, 0.1) is 11.7 Å². The highest BCUT2D eigenvalue weighted by atomic mass is 16.5. The van der Waals surface area contributed by atoms with Crippen LogP contribution >= 0.6 is 0 Å². The lowest BCUT2D eigenvalue weighted by Crippen LogP contribution is -2.11. The summed E-state index contributed by atoms with van der Waals surface area (Å²) in [6.45, 7) is 9.47. The molecule has 0 fully saturated rings. The van der Waals surface area contributed by atoms with Crippen molar-refractivity contribution in [2.75, 3.05) is 6.61 Å². The summed E-state index contributed by atoms with van der Waals surface area (Å²) in [5.74, 6) is 0.817. The molecule has 0 heterocycles. The fraction of sp³-hybridized carbons (Fsp3) is 0.472. The highest BCUT2D eigenvalue weighted by Gasteiger charge is 2.18. The molecule has 0 bridgehead atoms. The van der Waals surface area contributed by atoms with Crippen LogP contribution < -0.4 is 4.74 Å². The van der Waals surface area contributed by atoms with Crippen molar-refractivity contribution >= 4 is 5.97 Å². The minimum Gasteiger partial charge on any atom is -0.423 e. The van der Waals surface area contributed by atoms with Gasteiger partial charge >= 0.3 is 5.97 Å². The fourth-order valence-electron chi connectivity index (χ4n) is 5.18. The van der Waals surface area contributed by atoms with Gasteiger partial charge in [0.25, 0.3) is 0 Å². The van der Waals surface area contributed by atoms with E-state index in [-0.39, 0.29) is 12.1 Å². The molecule has 0 spiro atoms. The predicted octanol–water partition coefficient (Wildman–Crippen LogP) is 10.7. The maximum Gasteiger partial charge on any atom is 0.343 e. The molecule has 2 atom stereocenters. The van der Waals surface area contributed by atoms with Crippen molar-refractivity contribution in [3.05, 3.63) is 89.5 Å². The van der Waals surface area contributed by atoms with Crippen LogP contribution in [-0.4, -0.2) is 12.6 Å². The summed E-state index contributed by atoms with van der Waals surface area (Å²) in [6, 6.07) is 24.3. The Hall–Kier alpha value is -2.91. The number of rotatable bonds is 17. The molecule has 210 valence electrons. The van der Waals surface area contributed by atoms with E-state index in [1.54, 1.807) is 0 Å². The molecular weight excluding hydrogens is 480 g/mol. The molecule has 0 aliphatic heterocycles. The summed E-state index contributed by atoms with van der Waals surface area (Å²) < 4.78 is 11.8. The first-order valence-corrected chi connectivity index (χ1v) is 15.2. The molecule has 0 aliphatic carbocycles. The average molecular weight is 529 g/mol. The van der Waals surface area contributed by atoms with Gasteiger partial charge in [-0.15, -0.1) is 0 Å². The summed E-state index contributed by atoms with van der Waals surface area (Å²) in [5.41, 5.74) is 5.08. The van der Waals surface area contributed by atoms with Gasteiger partial charge in [-0.25, -0.2) is 4.79 Å². The van der Waals surface area contributed by atoms with Crippen LogP contribution in [0.1, 0.15) is 125 Å². The number of unbranched alkanes of at least 4 members (excludes halogenated alkanes) is 5. The molecule has 3 heteroatoms. The molecule has 0 amide bonds. The van der Waals surface area contributed by atoms with Crippen LogP contribution in [-0.2, 0) is 4.74 Å². The second kappa shape index (κ2) is 16.9. The van der Waals surface area contributed by atoms with E-state index in [1.807, 2.05) is 36.4 Å². The number of hydrogen-bond donors (Lipinski definition) is 0. The van der Waals surface area contributed by atoms with Crippen LogP contribution in [0.15, 0.2) is 72.8 Å². The number of carbonyl (C=O) groups is 1. The fourth-order valence-corrected chi connectivity index (χ4v) is 5.18. The van der Waals surface area contributed by atoms with Crippen LogP contribution in [0.2, 0.25) is 0 Å². The van der Waals surface area contributed by atoms with Crippen molar-refractivity contribution in [3.63, 3.8) is 0 Å². The van der Waals surface area contributed by atoms with Crippen molar-refractivity contribution in [1.29, 1.82) is 0 Å². The van der Waals surface area contributed by atoms with Crippen LogP contribution in [0.5, 0.6) is 5.75 Å². The van der Waals surface area contributed by atoms with E-state index >= 15 is 0 Å². The standard InChI is InChI=1S/C36H48O3/c1-5-8-9-10-11-12-16-32(15-6-2)34-17-13-14-18-35(34)39-36(37)33-25-23-31(24-26-33)30-21-19-29(20-22-30)28(4)38-27-7-3/h13-14,17-26,28,32H,5-12,15-16,27H2,1-4H3. The topological polar surface area (TPSA) is 35.5 Å². The van der Waals surface area contributed by atoms with Crippen LogP contribution in [0.3, 0.4) is 0 Å². The van der Waals surface area contributed by atoms with Gasteiger partial charge in [-0.1, -0.05) is 120 Å². The molecule has 0 saturated carbocycles. The zero-order chi connectivity index (χ0) is 27.9. The highest BCUT2D eigenvalue weighted by Crippen LogP contribution is 2.34. The molecule has 0 saturated heterocycles. The van der Waals surface area contributed by atoms with Crippen molar-refractivity contribution in [2.24, 2.45) is 0 Å². The number of hydrogen-bond acceptors (Lipinski definition) is 3. The minimum absolute atomic E-state index is 0.0849. The zero-order valence-corrected chi connectivity index (χ0v) is 24.6. The second-order valence-electron chi connectivity index (χ2n) is 10.7. The van der Waals surface area contributed by atoms with Crippen molar-refractivity contribution in [1.82, 2.24) is 0 Å². The molecule has 3 rings (SSSR count). The first kappa shape index (κ1) is 30.6. The van der Waals surface area contributed by atoms with E-state index in [4.69, 9.17) is 9.47 Å². The van der Waals surface area contributed by atoms with Gasteiger partial charge < -0.3 is 9.47 Å². The molecule has 3 nitrogen and oxygen atoms in total. The largest absolute Gasteiger partial charge is 0.423 e. The van der Waals surface area contributed by atoms with Gasteiger partial charge in [0.2, 0.25) is 0 Å². The number of carbonyl (C=O) groups excluding carboxylic acids is 1. The van der Waals surface area contributed by atoms with Gasteiger partial charge in [-0.2, -0.15) is 0 Å². The summed E-state index contributed by atoms with van der Waals surface area (Å²) in [5, 5.41) is 0. The predicted molar refractivity (Wildman–Crippen MR) is 164 cm³/mol. The van der Waals surface area contributed by atoms with Gasteiger partial charge in [0.1, 0.15) is 5.75 Å². The SMILES string of the molecule is CCCCCCCCC(CCC)c1ccccc1OC(=O)c1ccc(-c2ccc(C(C)OCCC)cc2)cc1. The van der Waals surface area contributed by atoms with Crippen molar-refractivity contribution in [3.8, 4) is 16.9 Å². The lowest BCUT2D eigenvalue weighted by atomic mass is 9.88. The Labute approximate surface area is 237 Å². The van der Waals surface area contributed by atoms with Gasteiger partial charge in [-0.3, -0.25) is 0 Å². The quantitative estimate of drug-likeness (QED) is 0.0993. The molecule has 0 N–H and O–H groups in total. The van der Waals surface area contributed by atoms with E-state index in [9.17, 15) is 4.79 Å². The molecule has 2 unspecified atom stereocenters. The minimum atomic E-state index is -0.305. The summed E-state index contributed by atoms with van der Waals surface area (Å²) in [4.78, 5) is 13.1. The molecule has 3 aromatic carbocycles. The number of ether oxygens (including phenoxy) is 2. The van der Waals surface area contributed by atoms with E-state index in [2.05, 4.69) is 64.1 Å². The van der Waals surface area contributed by atoms with Gasteiger partial charge in [-0.05, 0) is 72.6 Å². The monoisotopic (exact) mass is 528 g/mol. The van der Waals surface area contributed by atoms with E-state index in [1.165, 1.54) is 44.1 Å². The highest BCUT2D eigenvalue weighted by molar-refractivity contribution is 5.91. The van der Waals surface area contributed by atoms with E-state index in [0.717, 1.165) is 49.0 Å². The normalized spacial score (nSPS) is 12.7. The van der Waals surface area contributed by atoms with E-state index < -0.39 is 0 Å². The molecule has 3 aromatic rings. The lowest BCUT2D eigenvalue weighted by molar-refractivity contribution is 0.0662. The van der Waals surface area contributed by atoms with Crippen molar-refractivity contribution < 1.29 is 14.3 Å². The molecule has 39 heavy (non-hydrogen) atoms.